The molecule has 1 aliphatic rings. The first-order valence-electron chi connectivity index (χ1n) is 6.94. The lowest BCUT2D eigenvalue weighted by molar-refractivity contribution is 0.147. The molecule has 0 amide bonds. The summed E-state index contributed by atoms with van der Waals surface area (Å²) in [6.45, 7) is 1.87. The molecule has 3 heteroatoms. The zero-order valence-electron chi connectivity index (χ0n) is 11.6. The Labute approximate surface area is 124 Å². The second-order valence-electron chi connectivity index (χ2n) is 4.99. The van der Waals surface area contributed by atoms with Crippen molar-refractivity contribution in [2.75, 3.05) is 19.9 Å². The molecule has 0 radical (unpaired) electrons. The summed E-state index contributed by atoms with van der Waals surface area (Å²) in [6, 6.07) is 16.9. The zero-order valence-corrected chi connectivity index (χ0v) is 11.6. The lowest BCUT2D eigenvalue weighted by Gasteiger charge is -2.19. The van der Waals surface area contributed by atoms with Crippen molar-refractivity contribution in [3.63, 3.8) is 0 Å². The van der Waals surface area contributed by atoms with Crippen LogP contribution in [0.2, 0.25) is 0 Å². The van der Waals surface area contributed by atoms with Crippen molar-refractivity contribution in [2.24, 2.45) is 0 Å². The Bertz CT molecular complexity index is 660. The topological polar surface area (TPSA) is 12.5 Å². The van der Waals surface area contributed by atoms with Gasteiger partial charge in [0.1, 0.15) is 12.5 Å². The van der Waals surface area contributed by atoms with Gasteiger partial charge in [-0.25, -0.2) is 4.39 Å². The van der Waals surface area contributed by atoms with Crippen LogP contribution in [-0.4, -0.2) is 24.8 Å². The molecule has 0 aromatic heterocycles. The minimum atomic E-state index is -0.256. The van der Waals surface area contributed by atoms with Crippen LogP contribution in [0.25, 0.3) is 0 Å². The lowest BCUT2D eigenvalue weighted by Crippen LogP contribution is -2.24. The molecule has 0 N–H and O–H groups in total. The Hall–Kier alpha value is -2.15. The highest BCUT2D eigenvalue weighted by Gasteiger charge is 2.25. The Morgan fingerprint density at radius 3 is 2.81 bits per heavy atom. The zero-order chi connectivity index (χ0) is 14.5. The van der Waals surface area contributed by atoms with E-state index in [0.717, 1.165) is 0 Å². The minimum absolute atomic E-state index is 0.244. The molecule has 1 fully saturated rings. The molecular weight excluding hydrogens is 265 g/mol. The van der Waals surface area contributed by atoms with E-state index in [-0.39, 0.29) is 11.9 Å². The molecule has 1 atom stereocenters. The molecule has 3 rings (SSSR count). The first-order chi connectivity index (χ1) is 10.3. The smallest absolute Gasteiger partial charge is 0.124 e. The summed E-state index contributed by atoms with van der Waals surface area (Å²) in [5, 5.41) is 0. The van der Waals surface area contributed by atoms with E-state index >= 15 is 0 Å². The number of ether oxygens (including phenoxy) is 1. The predicted octanol–water partition coefficient (Wildman–Crippen LogP) is 3.21. The van der Waals surface area contributed by atoms with Gasteiger partial charge in [-0.1, -0.05) is 48.2 Å². The number of benzene rings is 2. The van der Waals surface area contributed by atoms with E-state index in [1.54, 1.807) is 6.07 Å². The first kappa shape index (κ1) is 13.8. The Kier molecular flexibility index (Phi) is 4.30. The van der Waals surface area contributed by atoms with Crippen molar-refractivity contribution in [3.8, 4) is 11.8 Å². The third kappa shape index (κ3) is 3.49. The normalized spacial score (nSPS) is 18.2. The van der Waals surface area contributed by atoms with Gasteiger partial charge in [-0.05, 0) is 23.8 Å². The van der Waals surface area contributed by atoms with Crippen LogP contribution in [0.1, 0.15) is 17.2 Å². The lowest BCUT2D eigenvalue weighted by atomic mass is 10.1. The molecule has 1 saturated heterocycles. The number of hydrogen-bond acceptors (Lipinski definition) is 2. The van der Waals surface area contributed by atoms with Gasteiger partial charge in [-0.2, -0.15) is 0 Å². The van der Waals surface area contributed by atoms with Crippen LogP contribution < -0.4 is 0 Å². The van der Waals surface area contributed by atoms with Gasteiger partial charge >= 0.3 is 0 Å². The van der Waals surface area contributed by atoms with Crippen LogP contribution in [-0.2, 0) is 4.74 Å². The largest absolute Gasteiger partial charge is 0.364 e. The highest BCUT2D eigenvalue weighted by atomic mass is 19.1. The summed E-state index contributed by atoms with van der Waals surface area (Å²) in [4.78, 5) is 2.18. The van der Waals surface area contributed by atoms with Gasteiger partial charge < -0.3 is 4.74 Å². The van der Waals surface area contributed by atoms with Crippen molar-refractivity contribution >= 4 is 0 Å². The van der Waals surface area contributed by atoms with Crippen LogP contribution in [0.4, 0.5) is 4.39 Å². The standard InChI is InChI=1S/C18H16FNO/c19-17-10-4-6-15(12-17)7-5-11-20-14-21-13-18(20)16-8-2-1-3-9-16/h1-4,6,8-10,12,18H,11,13-14H2/t18-/m1/s1. The van der Waals surface area contributed by atoms with Gasteiger partial charge in [0.25, 0.3) is 0 Å². The fraction of sp³-hybridized carbons (Fsp3) is 0.222. The Morgan fingerprint density at radius 1 is 1.14 bits per heavy atom. The molecule has 2 aromatic rings. The van der Waals surface area contributed by atoms with Gasteiger partial charge in [-0.15, -0.1) is 0 Å². The average Bonchev–Trinajstić information content (AvgIpc) is 2.97. The first-order valence-corrected chi connectivity index (χ1v) is 6.94. The van der Waals surface area contributed by atoms with Crippen molar-refractivity contribution in [3.05, 3.63) is 71.5 Å². The maximum absolute atomic E-state index is 13.1. The van der Waals surface area contributed by atoms with Gasteiger partial charge in [0, 0.05) is 5.56 Å². The van der Waals surface area contributed by atoms with E-state index in [1.807, 2.05) is 24.3 Å². The average molecular weight is 281 g/mol. The molecule has 1 heterocycles. The van der Waals surface area contributed by atoms with Crippen molar-refractivity contribution < 1.29 is 9.13 Å². The van der Waals surface area contributed by atoms with E-state index in [0.29, 0.717) is 25.4 Å². The molecule has 0 aliphatic carbocycles. The third-order valence-electron chi connectivity index (χ3n) is 3.50. The van der Waals surface area contributed by atoms with E-state index in [2.05, 4.69) is 28.9 Å². The molecule has 0 unspecified atom stereocenters. The quantitative estimate of drug-likeness (QED) is 0.784. The molecule has 0 spiro atoms. The predicted molar refractivity (Wildman–Crippen MR) is 80.0 cm³/mol. The van der Waals surface area contributed by atoms with E-state index < -0.39 is 0 Å². The summed E-state index contributed by atoms with van der Waals surface area (Å²) in [6.07, 6.45) is 0. The van der Waals surface area contributed by atoms with E-state index in [4.69, 9.17) is 4.74 Å². The van der Waals surface area contributed by atoms with Gasteiger partial charge in [-0.3, -0.25) is 4.90 Å². The number of halogens is 1. The summed E-state index contributed by atoms with van der Waals surface area (Å²) in [5.41, 5.74) is 1.94. The van der Waals surface area contributed by atoms with Crippen LogP contribution in [0, 0.1) is 17.7 Å². The maximum Gasteiger partial charge on any atom is 0.124 e. The van der Waals surface area contributed by atoms with Gasteiger partial charge in [0.05, 0.1) is 19.2 Å². The molecule has 0 saturated carbocycles. The number of rotatable bonds is 2. The van der Waals surface area contributed by atoms with Crippen LogP contribution in [0.3, 0.4) is 0 Å². The maximum atomic E-state index is 13.1. The van der Waals surface area contributed by atoms with Crippen LogP contribution in [0.15, 0.2) is 54.6 Å². The van der Waals surface area contributed by atoms with Gasteiger partial charge in [0.15, 0.2) is 0 Å². The van der Waals surface area contributed by atoms with E-state index in [9.17, 15) is 4.39 Å². The summed E-state index contributed by atoms with van der Waals surface area (Å²) >= 11 is 0. The molecule has 0 bridgehead atoms. The van der Waals surface area contributed by atoms with Gasteiger partial charge in [0.2, 0.25) is 0 Å². The van der Waals surface area contributed by atoms with Crippen molar-refractivity contribution in [1.29, 1.82) is 0 Å². The number of hydrogen-bond donors (Lipinski definition) is 0. The molecule has 2 nitrogen and oxygen atoms in total. The monoisotopic (exact) mass is 281 g/mol. The van der Waals surface area contributed by atoms with Crippen molar-refractivity contribution in [2.45, 2.75) is 6.04 Å². The summed E-state index contributed by atoms with van der Waals surface area (Å²) < 4.78 is 18.6. The molecule has 106 valence electrons. The molecular formula is C18H16FNO. The SMILES string of the molecule is Fc1cccc(C#CCN2COC[C@@H]2c2ccccc2)c1. The second kappa shape index (κ2) is 6.53. The summed E-state index contributed by atoms with van der Waals surface area (Å²) in [7, 11) is 0. The highest BCUT2D eigenvalue weighted by Crippen LogP contribution is 2.25. The third-order valence-corrected chi connectivity index (χ3v) is 3.50. The molecule has 21 heavy (non-hydrogen) atoms. The highest BCUT2D eigenvalue weighted by molar-refractivity contribution is 5.34. The Balaban J connectivity index is 1.68. The van der Waals surface area contributed by atoms with Crippen LogP contribution in [0.5, 0.6) is 0 Å². The van der Waals surface area contributed by atoms with Crippen molar-refractivity contribution in [1.82, 2.24) is 4.90 Å². The van der Waals surface area contributed by atoms with E-state index in [1.165, 1.54) is 17.7 Å². The van der Waals surface area contributed by atoms with Crippen LogP contribution >= 0.6 is 0 Å². The summed E-state index contributed by atoms with van der Waals surface area (Å²) in [5.74, 6) is 5.84. The fourth-order valence-corrected chi connectivity index (χ4v) is 2.42. The Morgan fingerprint density at radius 2 is 2.00 bits per heavy atom. The minimum Gasteiger partial charge on any atom is -0.364 e. The molecule has 2 aromatic carbocycles. The fourth-order valence-electron chi connectivity index (χ4n) is 2.42. The number of nitrogens with zero attached hydrogens (tertiary/aromatic N) is 1. The molecule has 1 aliphatic heterocycles. The second-order valence-corrected chi connectivity index (χ2v) is 4.99.